The second-order valence-corrected chi connectivity index (χ2v) is 10.5. The van der Waals surface area contributed by atoms with Crippen molar-refractivity contribution in [2.45, 2.75) is 34.0 Å². The molecule has 5 aromatic carbocycles. The summed E-state index contributed by atoms with van der Waals surface area (Å²) < 4.78 is 11.3. The third kappa shape index (κ3) is 4.09. The second-order valence-electron chi connectivity index (χ2n) is 10.5. The summed E-state index contributed by atoms with van der Waals surface area (Å²) in [5.41, 5.74) is 1.72. The van der Waals surface area contributed by atoms with Gasteiger partial charge in [-0.25, -0.2) is 4.79 Å². The summed E-state index contributed by atoms with van der Waals surface area (Å²) in [6.45, 7) is 8.61. The molecule has 0 aromatic heterocycles. The minimum atomic E-state index is -1.19. The van der Waals surface area contributed by atoms with E-state index in [1.54, 1.807) is 24.3 Å². The second kappa shape index (κ2) is 9.91. The molecule has 0 amide bonds. The predicted molar refractivity (Wildman–Crippen MR) is 148 cm³/mol. The third-order valence-electron chi connectivity index (χ3n) is 6.80. The van der Waals surface area contributed by atoms with Crippen LogP contribution in [-0.2, 0) is 9.47 Å². The van der Waals surface area contributed by atoms with Crippen LogP contribution < -0.4 is 0 Å². The minimum Gasteiger partial charge on any atom is -0.462 e. The van der Waals surface area contributed by atoms with Gasteiger partial charge in [-0.3, -0.25) is 0 Å². The normalized spacial score (nSPS) is 12.6. The average Bonchev–Trinajstić information content (AvgIpc) is 2.92. The van der Waals surface area contributed by atoms with E-state index in [0.29, 0.717) is 39.6 Å². The molecule has 1 unspecified atom stereocenters. The molecule has 190 valence electrons. The van der Waals surface area contributed by atoms with E-state index in [9.17, 15) is 20.4 Å². The van der Waals surface area contributed by atoms with E-state index in [0.717, 1.165) is 32.3 Å². The van der Waals surface area contributed by atoms with Crippen molar-refractivity contribution in [2.24, 2.45) is 11.8 Å². The molecule has 0 aliphatic carbocycles. The molecule has 0 fully saturated rings. The summed E-state index contributed by atoms with van der Waals surface area (Å²) in [5.74, 6) is -0.0435. The molecule has 6 nitrogen and oxygen atoms in total. The molecule has 0 saturated heterocycles. The lowest BCUT2D eigenvalue weighted by Crippen LogP contribution is -2.11. The zero-order chi connectivity index (χ0) is 27.1. The Morgan fingerprint density at radius 1 is 0.737 bits per heavy atom. The lowest BCUT2D eigenvalue weighted by molar-refractivity contribution is -0.109. The maximum Gasteiger partial charge on any atom is 0.338 e. The lowest BCUT2D eigenvalue weighted by Gasteiger charge is -2.21. The van der Waals surface area contributed by atoms with Gasteiger partial charge < -0.3 is 14.6 Å². The molecule has 0 spiro atoms. The van der Waals surface area contributed by atoms with Gasteiger partial charge in [0.1, 0.15) is 0 Å². The Morgan fingerprint density at radius 3 is 1.79 bits per heavy atom. The number of benzene rings is 5. The highest BCUT2D eigenvalue weighted by atomic mass is 16.6. The fraction of sp³-hybridized carbons (Fsp3) is 0.281. The molecule has 6 heteroatoms. The van der Waals surface area contributed by atoms with Crippen LogP contribution in [0.4, 0.5) is 0 Å². The van der Waals surface area contributed by atoms with Gasteiger partial charge >= 0.3 is 5.97 Å². The van der Waals surface area contributed by atoms with Crippen LogP contribution in [0.15, 0.2) is 48.5 Å². The Bertz CT molecular complexity index is 1770. The quantitative estimate of drug-likeness (QED) is 0.111. The lowest BCUT2D eigenvalue weighted by atomic mass is 9.84. The summed E-state index contributed by atoms with van der Waals surface area (Å²) in [6, 6.07) is 19.1. The highest BCUT2D eigenvalue weighted by molar-refractivity contribution is 6.35. The maximum absolute atomic E-state index is 13.1. The smallest absolute Gasteiger partial charge is 0.338 e. The number of hydrogen-bond donors (Lipinski definition) is 1. The number of aliphatic hydroxyl groups is 1. The van der Waals surface area contributed by atoms with E-state index in [-0.39, 0.29) is 18.4 Å². The van der Waals surface area contributed by atoms with Crippen LogP contribution >= 0.6 is 0 Å². The number of aliphatic hydroxyl groups excluding tert-OH is 1. The summed E-state index contributed by atoms with van der Waals surface area (Å²) in [7, 11) is 0. The minimum absolute atomic E-state index is 0.183. The first-order valence-corrected chi connectivity index (χ1v) is 12.7. The number of fused-ring (bicyclic) bond motifs is 2. The van der Waals surface area contributed by atoms with Crippen LogP contribution in [-0.4, -0.2) is 24.3 Å². The number of nitriles is 2. The van der Waals surface area contributed by atoms with Gasteiger partial charge in [0.2, 0.25) is 0 Å². The highest BCUT2D eigenvalue weighted by Gasteiger charge is 2.24. The fourth-order valence-corrected chi connectivity index (χ4v) is 5.17. The fourth-order valence-electron chi connectivity index (χ4n) is 5.17. The first kappa shape index (κ1) is 25.4. The molecule has 0 saturated carbocycles. The Balaban J connectivity index is 1.87. The third-order valence-corrected chi connectivity index (χ3v) is 6.80. The van der Waals surface area contributed by atoms with E-state index in [1.165, 1.54) is 0 Å². The van der Waals surface area contributed by atoms with Gasteiger partial charge in [-0.1, -0.05) is 58.0 Å². The van der Waals surface area contributed by atoms with Crippen molar-refractivity contribution in [3.05, 3.63) is 70.8 Å². The molecule has 0 aliphatic heterocycles. The van der Waals surface area contributed by atoms with Gasteiger partial charge in [0.15, 0.2) is 6.29 Å². The van der Waals surface area contributed by atoms with Crippen LogP contribution in [0.25, 0.3) is 43.1 Å². The largest absolute Gasteiger partial charge is 0.462 e. The molecule has 0 bridgehead atoms. The molecule has 0 heterocycles. The first-order valence-electron chi connectivity index (χ1n) is 12.7. The number of rotatable bonds is 7. The van der Waals surface area contributed by atoms with E-state index < -0.39 is 12.3 Å². The van der Waals surface area contributed by atoms with Gasteiger partial charge in [-0.05, 0) is 62.4 Å². The topological polar surface area (TPSA) is 103 Å². The van der Waals surface area contributed by atoms with Crippen molar-refractivity contribution in [1.29, 1.82) is 10.5 Å². The van der Waals surface area contributed by atoms with Crippen molar-refractivity contribution in [2.75, 3.05) is 13.2 Å². The standard InChI is InChI=1S/C32H28N2O4/c1-17(2)15-37-31(35)25-11-9-23-22-8-6-20(14-34)28-26(32(36)38-16-18(3)4)12-10-24(30(22)28)21-7-5-19(13-33)27(25)29(21)23/h5-12,17-18,31,35H,15-16H2,1-4H3. The van der Waals surface area contributed by atoms with Crippen molar-refractivity contribution < 1.29 is 19.4 Å². The number of esters is 1. The molecule has 0 radical (unpaired) electrons. The maximum atomic E-state index is 13.1. The Hall–Kier alpha value is -4.23. The van der Waals surface area contributed by atoms with E-state index >= 15 is 0 Å². The number of carbonyl (C=O) groups is 1. The average molecular weight is 505 g/mol. The van der Waals surface area contributed by atoms with Crippen molar-refractivity contribution >= 4 is 49.1 Å². The summed E-state index contributed by atoms with van der Waals surface area (Å²) in [4.78, 5) is 13.1. The summed E-state index contributed by atoms with van der Waals surface area (Å²) in [6.07, 6.45) is -1.19. The van der Waals surface area contributed by atoms with Crippen LogP contribution in [0.3, 0.4) is 0 Å². The monoisotopic (exact) mass is 504 g/mol. The van der Waals surface area contributed by atoms with Crippen LogP contribution in [0.5, 0.6) is 0 Å². The summed E-state index contributed by atoms with van der Waals surface area (Å²) >= 11 is 0. The van der Waals surface area contributed by atoms with Crippen molar-refractivity contribution in [1.82, 2.24) is 0 Å². The van der Waals surface area contributed by atoms with E-state index in [4.69, 9.17) is 9.47 Å². The molecule has 1 atom stereocenters. The number of carbonyl (C=O) groups excluding carboxylic acids is 1. The zero-order valence-electron chi connectivity index (χ0n) is 21.8. The SMILES string of the molecule is CC(C)COC(=O)c1ccc2c3ccc(C#N)c4c(C(O)OCC(C)C)ccc(c5ccc(C#N)c1c25)c43. The number of hydrogen-bond acceptors (Lipinski definition) is 6. The molecule has 5 aromatic rings. The van der Waals surface area contributed by atoms with Gasteiger partial charge in [-0.2, -0.15) is 10.5 Å². The molecule has 38 heavy (non-hydrogen) atoms. The molecular formula is C32H28N2O4. The Kier molecular flexibility index (Phi) is 6.63. The Labute approximate surface area is 220 Å². The van der Waals surface area contributed by atoms with Crippen LogP contribution in [0.1, 0.15) is 61.0 Å². The van der Waals surface area contributed by atoms with Gasteiger partial charge in [0, 0.05) is 16.3 Å². The van der Waals surface area contributed by atoms with Crippen molar-refractivity contribution in [3.63, 3.8) is 0 Å². The molecule has 5 rings (SSSR count). The number of ether oxygens (including phenoxy) is 2. The zero-order valence-corrected chi connectivity index (χ0v) is 21.8. The van der Waals surface area contributed by atoms with Gasteiger partial charge in [0.05, 0.1) is 42.0 Å². The van der Waals surface area contributed by atoms with Gasteiger partial charge in [0.25, 0.3) is 0 Å². The molecule has 0 aliphatic rings. The predicted octanol–water partition coefficient (Wildman–Crippen LogP) is 6.96. The van der Waals surface area contributed by atoms with Crippen molar-refractivity contribution in [3.8, 4) is 12.1 Å². The van der Waals surface area contributed by atoms with E-state index in [2.05, 4.69) is 12.1 Å². The Morgan fingerprint density at radius 2 is 1.24 bits per heavy atom. The first-order chi connectivity index (χ1) is 18.3. The van der Waals surface area contributed by atoms with E-state index in [1.807, 2.05) is 52.0 Å². The van der Waals surface area contributed by atoms with Crippen LogP contribution in [0, 0.1) is 34.5 Å². The molecular weight excluding hydrogens is 476 g/mol. The highest BCUT2D eigenvalue weighted by Crippen LogP contribution is 2.44. The number of nitrogens with zero attached hydrogens (tertiary/aromatic N) is 2. The summed E-state index contributed by atoms with van der Waals surface area (Å²) in [5, 5.41) is 37.1. The molecule has 1 N–H and O–H groups in total. The van der Waals surface area contributed by atoms with Gasteiger partial charge in [-0.15, -0.1) is 0 Å². The van der Waals surface area contributed by atoms with Crippen LogP contribution in [0.2, 0.25) is 0 Å².